The largest absolute Gasteiger partial charge is 0.464 e. The van der Waals surface area contributed by atoms with Gasteiger partial charge in [0.2, 0.25) is 0 Å². The Hall–Kier alpha value is -2.47. The minimum absolute atomic E-state index is 0.337. The first-order valence-electron chi connectivity index (χ1n) is 9.80. The molecule has 142 valence electrons. The van der Waals surface area contributed by atoms with Crippen LogP contribution >= 0.6 is 11.3 Å². The molecule has 0 bridgehead atoms. The molecule has 2 aromatic heterocycles. The number of fused-ring (bicyclic) bond motifs is 1. The summed E-state index contributed by atoms with van der Waals surface area (Å²) in [6.45, 7) is 1.85. The molecule has 0 aliphatic carbocycles. The van der Waals surface area contributed by atoms with Crippen molar-refractivity contribution in [1.29, 1.82) is 0 Å². The predicted molar refractivity (Wildman–Crippen MR) is 114 cm³/mol. The lowest BCUT2D eigenvalue weighted by Crippen LogP contribution is -2.45. The van der Waals surface area contributed by atoms with Gasteiger partial charge in [-0.15, -0.1) is 11.3 Å². The summed E-state index contributed by atoms with van der Waals surface area (Å²) in [4.78, 5) is 4.48. The van der Waals surface area contributed by atoms with E-state index < -0.39 is 0 Å². The van der Waals surface area contributed by atoms with Gasteiger partial charge in [-0.25, -0.2) is 4.98 Å². The van der Waals surface area contributed by atoms with Crippen molar-refractivity contribution in [2.45, 2.75) is 31.5 Å². The highest BCUT2D eigenvalue weighted by Crippen LogP contribution is 2.30. The van der Waals surface area contributed by atoms with Crippen molar-refractivity contribution in [2.75, 3.05) is 6.54 Å². The molecule has 0 spiro atoms. The van der Waals surface area contributed by atoms with Crippen molar-refractivity contribution in [1.82, 2.24) is 15.6 Å². The Kier molecular flexibility index (Phi) is 4.95. The van der Waals surface area contributed by atoms with Gasteiger partial charge in [0.05, 0.1) is 6.26 Å². The zero-order chi connectivity index (χ0) is 18.8. The molecule has 28 heavy (non-hydrogen) atoms. The molecule has 2 atom stereocenters. The zero-order valence-electron chi connectivity index (χ0n) is 15.6. The van der Waals surface area contributed by atoms with Crippen molar-refractivity contribution in [3.8, 4) is 10.6 Å². The highest BCUT2D eigenvalue weighted by molar-refractivity contribution is 7.13. The summed E-state index contributed by atoms with van der Waals surface area (Å²) in [6.07, 6.45) is 5.99. The predicted octanol–water partition coefficient (Wildman–Crippen LogP) is 5.14. The van der Waals surface area contributed by atoms with Gasteiger partial charge in [0.15, 0.2) is 0 Å². The first kappa shape index (κ1) is 17.6. The summed E-state index contributed by atoms with van der Waals surface area (Å²) >= 11 is 1.67. The Morgan fingerprint density at radius 2 is 2.11 bits per heavy atom. The van der Waals surface area contributed by atoms with Gasteiger partial charge in [0, 0.05) is 46.7 Å². The van der Waals surface area contributed by atoms with E-state index in [1.165, 1.54) is 24.0 Å². The van der Waals surface area contributed by atoms with Crippen molar-refractivity contribution in [3.63, 3.8) is 0 Å². The van der Waals surface area contributed by atoms with Crippen LogP contribution in [0.2, 0.25) is 0 Å². The van der Waals surface area contributed by atoms with Gasteiger partial charge in [-0.2, -0.15) is 0 Å². The molecule has 1 aliphatic rings. The third-order valence-electron chi connectivity index (χ3n) is 5.48. The maximum absolute atomic E-state index is 5.80. The van der Waals surface area contributed by atoms with Crippen LogP contribution in [0.25, 0.3) is 21.5 Å². The molecule has 2 N–H and O–H groups in total. The lowest BCUT2D eigenvalue weighted by molar-refractivity contribution is 0.304. The highest BCUT2D eigenvalue weighted by Gasteiger charge is 2.25. The summed E-state index contributed by atoms with van der Waals surface area (Å²) < 4.78 is 5.80. The first-order chi connectivity index (χ1) is 13.9. The molecule has 2 unspecified atom stereocenters. The van der Waals surface area contributed by atoms with E-state index in [1.807, 2.05) is 17.6 Å². The third-order valence-corrected chi connectivity index (χ3v) is 6.30. The van der Waals surface area contributed by atoms with Crippen LogP contribution in [-0.2, 0) is 6.54 Å². The Bertz CT molecular complexity index is 1040. The minimum atomic E-state index is 0.337. The van der Waals surface area contributed by atoms with Crippen LogP contribution in [0.15, 0.2) is 70.8 Å². The number of benzene rings is 2. The Labute approximate surface area is 168 Å². The molecule has 0 amide bonds. The Balaban J connectivity index is 1.41. The van der Waals surface area contributed by atoms with Crippen molar-refractivity contribution >= 4 is 22.3 Å². The highest BCUT2D eigenvalue weighted by atomic mass is 32.1. The van der Waals surface area contributed by atoms with Gasteiger partial charge >= 0.3 is 0 Å². The zero-order valence-corrected chi connectivity index (χ0v) is 16.4. The lowest BCUT2D eigenvalue weighted by Gasteiger charge is -2.34. The number of furan rings is 1. The fourth-order valence-corrected chi connectivity index (χ4v) is 4.76. The Morgan fingerprint density at radius 3 is 2.96 bits per heavy atom. The molecule has 1 fully saturated rings. The fraction of sp³-hybridized carbons (Fsp3) is 0.261. The molecule has 2 aromatic carbocycles. The van der Waals surface area contributed by atoms with Crippen molar-refractivity contribution in [3.05, 3.63) is 77.5 Å². The molecule has 1 saturated heterocycles. The number of aromatic nitrogens is 1. The summed E-state index contributed by atoms with van der Waals surface area (Å²) in [5.74, 6) is 0. The quantitative estimate of drug-likeness (QED) is 0.496. The molecule has 1 aliphatic heterocycles. The summed E-state index contributed by atoms with van der Waals surface area (Å²) in [6, 6.07) is 17.9. The molecule has 3 heterocycles. The second-order valence-electron chi connectivity index (χ2n) is 7.28. The van der Waals surface area contributed by atoms with Gasteiger partial charge in [0.25, 0.3) is 0 Å². The average molecular weight is 390 g/mol. The number of hydrogen-bond donors (Lipinski definition) is 2. The molecule has 0 saturated carbocycles. The van der Waals surface area contributed by atoms with Crippen LogP contribution in [-0.4, -0.2) is 17.6 Å². The number of piperidine rings is 1. The van der Waals surface area contributed by atoms with Crippen LogP contribution in [0.5, 0.6) is 0 Å². The number of hydrogen-bond acceptors (Lipinski definition) is 5. The summed E-state index contributed by atoms with van der Waals surface area (Å²) in [5.41, 5.74) is 4.65. The topological polar surface area (TPSA) is 50.1 Å². The SMILES string of the molecule is c1ccc(C2NCCCC2NCc2cc(-c3nccs3)cc3ccoc23)cc1. The molecule has 5 rings (SSSR count). The van der Waals surface area contributed by atoms with Gasteiger partial charge in [-0.1, -0.05) is 30.3 Å². The van der Waals surface area contributed by atoms with E-state index >= 15 is 0 Å². The van der Waals surface area contributed by atoms with Gasteiger partial charge < -0.3 is 15.1 Å². The molecular weight excluding hydrogens is 366 g/mol. The van der Waals surface area contributed by atoms with Crippen LogP contribution in [0.1, 0.15) is 30.0 Å². The molecule has 4 nitrogen and oxygen atoms in total. The maximum Gasteiger partial charge on any atom is 0.138 e. The number of nitrogens with one attached hydrogen (secondary N) is 2. The summed E-state index contributed by atoms with van der Waals surface area (Å²) in [7, 11) is 0. The van der Waals surface area contributed by atoms with E-state index in [-0.39, 0.29) is 0 Å². The third kappa shape index (κ3) is 3.49. The second kappa shape index (κ2) is 7.87. The lowest BCUT2D eigenvalue weighted by atomic mass is 9.92. The van der Waals surface area contributed by atoms with Gasteiger partial charge in [0.1, 0.15) is 10.6 Å². The van der Waals surface area contributed by atoms with E-state index in [2.05, 4.69) is 58.1 Å². The van der Waals surface area contributed by atoms with Gasteiger partial charge in [-0.05, 0) is 43.1 Å². The standard InChI is InChI=1S/C23H23N3OS/c1-2-5-16(6-3-1)21-20(7-4-9-24-21)26-15-19-14-18(23-25-10-12-28-23)13-17-8-11-27-22(17)19/h1-3,5-6,8,10-14,20-21,24,26H,4,7,9,15H2. The van der Waals surface area contributed by atoms with E-state index in [9.17, 15) is 0 Å². The van der Waals surface area contributed by atoms with E-state index in [0.717, 1.165) is 34.6 Å². The van der Waals surface area contributed by atoms with E-state index in [0.29, 0.717) is 12.1 Å². The molecule has 5 heteroatoms. The molecular formula is C23H23N3OS. The number of thiazole rings is 1. The monoisotopic (exact) mass is 389 g/mol. The smallest absolute Gasteiger partial charge is 0.138 e. The summed E-state index contributed by atoms with van der Waals surface area (Å²) in [5, 5.41) is 11.7. The van der Waals surface area contributed by atoms with Crippen molar-refractivity contribution in [2.24, 2.45) is 0 Å². The van der Waals surface area contributed by atoms with Crippen LogP contribution in [0.4, 0.5) is 0 Å². The second-order valence-corrected chi connectivity index (χ2v) is 8.18. The fourth-order valence-electron chi connectivity index (χ4n) is 4.14. The first-order valence-corrected chi connectivity index (χ1v) is 10.7. The maximum atomic E-state index is 5.80. The van der Waals surface area contributed by atoms with Crippen LogP contribution in [0, 0.1) is 0 Å². The normalized spacial score (nSPS) is 19.9. The van der Waals surface area contributed by atoms with Crippen molar-refractivity contribution < 1.29 is 4.42 Å². The number of nitrogens with zero attached hydrogens (tertiary/aromatic N) is 1. The van der Waals surface area contributed by atoms with Crippen LogP contribution < -0.4 is 10.6 Å². The van der Waals surface area contributed by atoms with Crippen LogP contribution in [0.3, 0.4) is 0 Å². The van der Waals surface area contributed by atoms with E-state index in [4.69, 9.17) is 4.42 Å². The molecule has 4 aromatic rings. The Morgan fingerprint density at radius 1 is 1.18 bits per heavy atom. The average Bonchev–Trinajstić information content (AvgIpc) is 3.44. The molecule has 0 radical (unpaired) electrons. The number of rotatable bonds is 5. The minimum Gasteiger partial charge on any atom is -0.464 e. The van der Waals surface area contributed by atoms with E-state index in [1.54, 1.807) is 17.6 Å². The van der Waals surface area contributed by atoms with Gasteiger partial charge in [-0.3, -0.25) is 0 Å².